The van der Waals surface area contributed by atoms with Gasteiger partial charge in [0.1, 0.15) is 6.29 Å². The number of hydrogen-bond acceptors (Lipinski definition) is 3. The molecule has 0 saturated carbocycles. The molecule has 0 spiro atoms. The zero-order valence-electron chi connectivity index (χ0n) is 8.73. The molecule has 1 atom stereocenters. The molecule has 1 unspecified atom stereocenters. The Labute approximate surface area is 84.1 Å². The van der Waals surface area contributed by atoms with E-state index in [1.165, 1.54) is 0 Å². The molecule has 0 aromatic carbocycles. The van der Waals surface area contributed by atoms with E-state index in [-0.39, 0.29) is 11.5 Å². The second-order valence-electron chi connectivity index (χ2n) is 3.63. The maximum absolute atomic E-state index is 10.2. The monoisotopic (exact) mass is 199 g/mol. The Morgan fingerprint density at radius 3 is 2.71 bits per heavy atom. The van der Waals surface area contributed by atoms with E-state index < -0.39 is 0 Å². The van der Waals surface area contributed by atoms with Crippen LogP contribution in [-0.4, -0.2) is 17.8 Å². The second-order valence-corrected chi connectivity index (χ2v) is 3.63. The van der Waals surface area contributed by atoms with Crippen LogP contribution in [0.4, 0.5) is 0 Å². The van der Waals surface area contributed by atoms with Gasteiger partial charge in [-0.15, -0.1) is 0 Å². The van der Waals surface area contributed by atoms with E-state index in [1.807, 2.05) is 13.0 Å². The van der Waals surface area contributed by atoms with Crippen molar-refractivity contribution in [2.45, 2.75) is 33.1 Å². The number of nitro groups is 1. The van der Waals surface area contributed by atoms with Crippen LogP contribution in [0.25, 0.3) is 0 Å². The molecule has 4 nitrogen and oxygen atoms in total. The second kappa shape index (κ2) is 7.24. The largest absolute Gasteiger partial charge is 0.303 e. The van der Waals surface area contributed by atoms with Crippen LogP contribution in [0.3, 0.4) is 0 Å². The lowest BCUT2D eigenvalue weighted by molar-refractivity contribution is -0.470. The van der Waals surface area contributed by atoms with E-state index in [1.54, 1.807) is 6.92 Å². The lowest BCUT2D eigenvalue weighted by Crippen LogP contribution is -2.01. The number of hydrogen-bond donors (Lipinski definition) is 0. The zero-order valence-corrected chi connectivity index (χ0v) is 8.73. The van der Waals surface area contributed by atoms with Gasteiger partial charge in [0.2, 0.25) is 6.54 Å². The van der Waals surface area contributed by atoms with Crippen LogP contribution in [0.1, 0.15) is 33.1 Å². The van der Waals surface area contributed by atoms with Crippen LogP contribution in [0.15, 0.2) is 11.6 Å². The minimum atomic E-state index is -0.333. The lowest BCUT2D eigenvalue weighted by atomic mass is 10.0. The summed E-state index contributed by atoms with van der Waals surface area (Å²) in [6.45, 7) is 3.68. The first-order chi connectivity index (χ1) is 6.56. The normalized spacial score (nSPS) is 13.7. The highest BCUT2D eigenvalue weighted by Gasteiger charge is 2.01. The minimum absolute atomic E-state index is 0.0813. The van der Waals surface area contributed by atoms with Crippen LogP contribution in [0, 0.1) is 16.0 Å². The molecule has 0 aliphatic rings. The third-order valence-electron chi connectivity index (χ3n) is 2.03. The fourth-order valence-corrected chi connectivity index (χ4v) is 1.16. The molecule has 80 valence electrons. The first-order valence-electron chi connectivity index (χ1n) is 4.77. The Balaban J connectivity index is 3.69. The quantitative estimate of drug-likeness (QED) is 0.273. The fourth-order valence-electron chi connectivity index (χ4n) is 1.16. The molecule has 0 N–H and O–H groups in total. The Hall–Kier alpha value is -1.19. The summed E-state index contributed by atoms with van der Waals surface area (Å²) in [4.78, 5) is 19.9. The standard InChI is InChI=1S/C10H17NO3/c1-9(6-7-12)4-3-5-10(2)8-11(13)14/h5,7,9H,3-4,6,8H2,1-2H3. The highest BCUT2D eigenvalue weighted by atomic mass is 16.6. The van der Waals surface area contributed by atoms with Crippen molar-refractivity contribution in [2.24, 2.45) is 5.92 Å². The van der Waals surface area contributed by atoms with E-state index in [2.05, 4.69) is 0 Å². The summed E-state index contributed by atoms with van der Waals surface area (Å²) in [6, 6.07) is 0. The van der Waals surface area contributed by atoms with Crippen LogP contribution >= 0.6 is 0 Å². The number of nitrogens with zero attached hydrogens (tertiary/aromatic N) is 1. The van der Waals surface area contributed by atoms with Gasteiger partial charge in [-0.25, -0.2) is 0 Å². The molecule has 0 amide bonds. The SMILES string of the molecule is CC(=CCCC(C)CC=O)C[N+](=O)[O-]. The van der Waals surface area contributed by atoms with Gasteiger partial charge in [0.25, 0.3) is 0 Å². The molecule has 0 rings (SSSR count). The Morgan fingerprint density at radius 2 is 2.21 bits per heavy atom. The van der Waals surface area contributed by atoms with Gasteiger partial charge in [-0.1, -0.05) is 13.0 Å². The van der Waals surface area contributed by atoms with Gasteiger partial charge in [0.15, 0.2) is 0 Å². The van der Waals surface area contributed by atoms with Gasteiger partial charge in [-0.3, -0.25) is 10.1 Å². The zero-order chi connectivity index (χ0) is 11.0. The van der Waals surface area contributed by atoms with Crippen molar-refractivity contribution in [2.75, 3.05) is 6.54 Å². The predicted octanol–water partition coefficient (Wildman–Crippen LogP) is 2.21. The summed E-state index contributed by atoms with van der Waals surface area (Å²) < 4.78 is 0. The summed E-state index contributed by atoms with van der Waals surface area (Å²) in [6.07, 6.45) is 5.09. The lowest BCUT2D eigenvalue weighted by Gasteiger charge is -2.04. The summed E-state index contributed by atoms with van der Waals surface area (Å²) in [5, 5.41) is 10.1. The molecule has 0 aliphatic heterocycles. The maximum Gasteiger partial charge on any atom is 0.224 e. The average Bonchev–Trinajstić information content (AvgIpc) is 2.02. The molecular weight excluding hydrogens is 182 g/mol. The smallest absolute Gasteiger partial charge is 0.224 e. The number of aldehydes is 1. The number of rotatable bonds is 7. The maximum atomic E-state index is 10.2. The molecule has 0 aromatic rings. The first kappa shape index (κ1) is 12.8. The summed E-state index contributed by atoms with van der Waals surface area (Å²) in [5.74, 6) is 0.368. The van der Waals surface area contributed by atoms with Gasteiger partial charge in [0.05, 0.1) is 0 Å². The third kappa shape index (κ3) is 7.46. The molecule has 0 saturated heterocycles. The summed E-state index contributed by atoms with van der Waals surface area (Å²) in [5.41, 5.74) is 0.785. The van der Waals surface area contributed by atoms with Crippen molar-refractivity contribution in [3.05, 3.63) is 21.8 Å². The number of allylic oxidation sites excluding steroid dienone is 1. The van der Waals surface area contributed by atoms with Crippen molar-refractivity contribution in [3.63, 3.8) is 0 Å². The van der Waals surface area contributed by atoms with Crippen molar-refractivity contribution in [3.8, 4) is 0 Å². The Bertz CT molecular complexity index is 223. The van der Waals surface area contributed by atoms with E-state index in [4.69, 9.17) is 0 Å². The van der Waals surface area contributed by atoms with Crippen LogP contribution in [0.5, 0.6) is 0 Å². The first-order valence-corrected chi connectivity index (χ1v) is 4.77. The molecule has 0 aliphatic carbocycles. The predicted molar refractivity (Wildman–Crippen MR) is 54.7 cm³/mol. The van der Waals surface area contributed by atoms with E-state index in [0.717, 1.165) is 24.7 Å². The average molecular weight is 199 g/mol. The van der Waals surface area contributed by atoms with Crippen molar-refractivity contribution in [1.82, 2.24) is 0 Å². The van der Waals surface area contributed by atoms with Gasteiger partial charge in [0, 0.05) is 11.3 Å². The van der Waals surface area contributed by atoms with Crippen molar-refractivity contribution in [1.29, 1.82) is 0 Å². The van der Waals surface area contributed by atoms with E-state index in [9.17, 15) is 14.9 Å². The summed E-state index contributed by atoms with van der Waals surface area (Å²) >= 11 is 0. The molecule has 14 heavy (non-hydrogen) atoms. The van der Waals surface area contributed by atoms with E-state index >= 15 is 0 Å². The van der Waals surface area contributed by atoms with Gasteiger partial charge < -0.3 is 4.79 Å². The molecule has 4 heteroatoms. The summed E-state index contributed by atoms with van der Waals surface area (Å²) in [7, 11) is 0. The molecular formula is C10H17NO3. The topological polar surface area (TPSA) is 60.2 Å². The van der Waals surface area contributed by atoms with Gasteiger partial charge in [-0.05, 0) is 31.3 Å². The van der Waals surface area contributed by atoms with Crippen molar-refractivity contribution < 1.29 is 9.72 Å². The van der Waals surface area contributed by atoms with Crippen LogP contribution in [-0.2, 0) is 4.79 Å². The Kier molecular flexibility index (Phi) is 6.62. The van der Waals surface area contributed by atoms with Crippen LogP contribution in [0.2, 0.25) is 0 Å². The van der Waals surface area contributed by atoms with Crippen LogP contribution < -0.4 is 0 Å². The van der Waals surface area contributed by atoms with Crippen molar-refractivity contribution >= 4 is 6.29 Å². The molecule has 0 heterocycles. The van der Waals surface area contributed by atoms with Gasteiger partial charge in [-0.2, -0.15) is 0 Å². The van der Waals surface area contributed by atoms with Gasteiger partial charge >= 0.3 is 0 Å². The number of carbonyl (C=O) groups is 1. The third-order valence-corrected chi connectivity index (χ3v) is 2.03. The molecule has 0 fully saturated rings. The molecule has 0 radical (unpaired) electrons. The minimum Gasteiger partial charge on any atom is -0.303 e. The highest BCUT2D eigenvalue weighted by molar-refractivity contribution is 5.49. The molecule has 0 aromatic heterocycles. The number of carbonyl (C=O) groups excluding carboxylic acids is 1. The molecule has 0 bridgehead atoms. The fraction of sp³-hybridized carbons (Fsp3) is 0.700. The Morgan fingerprint density at radius 1 is 1.57 bits per heavy atom. The van der Waals surface area contributed by atoms with E-state index in [0.29, 0.717) is 12.3 Å². The highest BCUT2D eigenvalue weighted by Crippen LogP contribution is 2.10.